The van der Waals surface area contributed by atoms with Gasteiger partial charge in [-0.2, -0.15) is 0 Å². The van der Waals surface area contributed by atoms with Gasteiger partial charge in [0.2, 0.25) is 5.91 Å². The van der Waals surface area contributed by atoms with Crippen molar-refractivity contribution in [3.05, 3.63) is 0 Å². The zero-order chi connectivity index (χ0) is 13.3. The average Bonchev–Trinajstić information content (AvgIpc) is 2.25. The van der Waals surface area contributed by atoms with Gasteiger partial charge in [-0.25, -0.2) is 0 Å². The third-order valence-corrected chi connectivity index (χ3v) is 2.43. The average molecular weight is 244 g/mol. The maximum Gasteiger partial charge on any atom is 0.309 e. The van der Waals surface area contributed by atoms with Crippen molar-refractivity contribution in [1.82, 2.24) is 4.90 Å². The Hall–Kier alpha value is -1.10. The second-order valence-electron chi connectivity index (χ2n) is 4.21. The predicted octanol–water partition coefficient (Wildman–Crippen LogP) is 0.773. The molecule has 0 fully saturated rings. The summed E-state index contributed by atoms with van der Waals surface area (Å²) in [6, 6.07) is 0. The zero-order valence-electron chi connectivity index (χ0n) is 11.1. The number of amides is 1. The lowest BCUT2D eigenvalue weighted by molar-refractivity contribution is -0.148. The summed E-state index contributed by atoms with van der Waals surface area (Å²) < 4.78 is 4.93. The number of nitrogens with zero attached hydrogens (tertiary/aromatic N) is 1. The molecule has 5 heteroatoms. The summed E-state index contributed by atoms with van der Waals surface area (Å²) in [5, 5.41) is 0. The van der Waals surface area contributed by atoms with E-state index in [1.54, 1.807) is 13.8 Å². The highest BCUT2D eigenvalue weighted by Crippen LogP contribution is 2.04. The number of ether oxygens (including phenoxy) is 1. The normalized spacial score (nSPS) is 12.5. The van der Waals surface area contributed by atoms with Crippen LogP contribution in [0.25, 0.3) is 0 Å². The monoisotopic (exact) mass is 244 g/mol. The van der Waals surface area contributed by atoms with Crippen molar-refractivity contribution in [3.8, 4) is 0 Å². The van der Waals surface area contributed by atoms with Crippen LogP contribution in [0.5, 0.6) is 0 Å². The molecule has 1 atom stereocenters. The molecule has 0 aromatic rings. The number of hydrogen-bond donors (Lipinski definition) is 1. The molecule has 0 bridgehead atoms. The zero-order valence-corrected chi connectivity index (χ0v) is 11.1. The SMILES string of the molecule is CCCCN(CC(N)=O)CC(C)C(=O)OCC. The Morgan fingerprint density at radius 2 is 2.00 bits per heavy atom. The molecule has 0 radical (unpaired) electrons. The topological polar surface area (TPSA) is 72.6 Å². The second-order valence-corrected chi connectivity index (χ2v) is 4.21. The molecule has 100 valence electrons. The van der Waals surface area contributed by atoms with Crippen LogP contribution in [0.3, 0.4) is 0 Å². The summed E-state index contributed by atoms with van der Waals surface area (Å²) >= 11 is 0. The highest BCUT2D eigenvalue weighted by molar-refractivity contribution is 5.76. The quantitative estimate of drug-likeness (QED) is 0.608. The number of rotatable bonds is 9. The first-order valence-corrected chi connectivity index (χ1v) is 6.18. The van der Waals surface area contributed by atoms with Crippen molar-refractivity contribution in [2.24, 2.45) is 11.7 Å². The van der Waals surface area contributed by atoms with Gasteiger partial charge in [0.05, 0.1) is 19.1 Å². The Labute approximate surface area is 103 Å². The number of unbranched alkanes of at least 4 members (excludes halogenated alkanes) is 1. The van der Waals surface area contributed by atoms with E-state index in [9.17, 15) is 9.59 Å². The first kappa shape index (κ1) is 15.9. The highest BCUT2D eigenvalue weighted by atomic mass is 16.5. The van der Waals surface area contributed by atoms with Crippen molar-refractivity contribution in [2.75, 3.05) is 26.2 Å². The van der Waals surface area contributed by atoms with E-state index in [4.69, 9.17) is 10.5 Å². The summed E-state index contributed by atoms with van der Waals surface area (Å²) in [5.74, 6) is -0.818. The molecule has 0 rings (SSSR count). The Morgan fingerprint density at radius 1 is 1.35 bits per heavy atom. The number of esters is 1. The van der Waals surface area contributed by atoms with Gasteiger partial charge >= 0.3 is 5.97 Å². The number of hydrogen-bond acceptors (Lipinski definition) is 4. The molecule has 0 saturated carbocycles. The second kappa shape index (κ2) is 8.98. The largest absolute Gasteiger partial charge is 0.466 e. The van der Waals surface area contributed by atoms with Gasteiger partial charge in [-0.3, -0.25) is 14.5 Å². The number of nitrogens with two attached hydrogens (primary N) is 1. The van der Waals surface area contributed by atoms with Gasteiger partial charge in [0, 0.05) is 6.54 Å². The lowest BCUT2D eigenvalue weighted by Gasteiger charge is -2.23. The van der Waals surface area contributed by atoms with Crippen LogP contribution in [-0.4, -0.2) is 43.0 Å². The van der Waals surface area contributed by atoms with E-state index < -0.39 is 0 Å². The van der Waals surface area contributed by atoms with Gasteiger partial charge in [0.15, 0.2) is 0 Å². The smallest absolute Gasteiger partial charge is 0.309 e. The van der Waals surface area contributed by atoms with Gasteiger partial charge in [-0.1, -0.05) is 20.3 Å². The molecule has 1 amide bonds. The molecule has 0 aliphatic rings. The standard InChI is InChI=1S/C12H24N2O3/c1-4-6-7-14(9-11(13)15)8-10(3)12(16)17-5-2/h10H,4-9H2,1-3H3,(H2,13,15). The molecule has 5 nitrogen and oxygen atoms in total. The molecule has 1 unspecified atom stereocenters. The first-order valence-electron chi connectivity index (χ1n) is 6.18. The molecular weight excluding hydrogens is 220 g/mol. The van der Waals surface area contributed by atoms with Crippen molar-refractivity contribution in [3.63, 3.8) is 0 Å². The van der Waals surface area contributed by atoms with Crippen LogP contribution in [0, 0.1) is 5.92 Å². The fourth-order valence-electron chi connectivity index (χ4n) is 1.58. The van der Waals surface area contributed by atoms with Gasteiger partial charge in [-0.15, -0.1) is 0 Å². The minimum atomic E-state index is -0.364. The number of primary amides is 1. The summed E-state index contributed by atoms with van der Waals surface area (Å²) in [6.45, 7) is 7.54. The van der Waals surface area contributed by atoms with Gasteiger partial charge in [-0.05, 0) is 19.9 Å². The van der Waals surface area contributed by atoms with E-state index in [2.05, 4.69) is 6.92 Å². The molecule has 0 aliphatic carbocycles. The summed E-state index contributed by atoms with van der Waals surface area (Å²) in [4.78, 5) is 24.3. The summed E-state index contributed by atoms with van der Waals surface area (Å²) in [7, 11) is 0. The van der Waals surface area contributed by atoms with E-state index in [0.29, 0.717) is 13.2 Å². The maximum atomic E-state index is 11.5. The van der Waals surface area contributed by atoms with Crippen LogP contribution in [0.1, 0.15) is 33.6 Å². The van der Waals surface area contributed by atoms with Crippen LogP contribution < -0.4 is 5.73 Å². The Morgan fingerprint density at radius 3 is 2.47 bits per heavy atom. The van der Waals surface area contributed by atoms with E-state index >= 15 is 0 Å². The van der Waals surface area contributed by atoms with Crippen molar-refractivity contribution >= 4 is 11.9 Å². The van der Waals surface area contributed by atoms with E-state index in [0.717, 1.165) is 19.4 Å². The lowest BCUT2D eigenvalue weighted by Crippen LogP contribution is -2.39. The molecule has 0 aliphatic heterocycles. The highest BCUT2D eigenvalue weighted by Gasteiger charge is 2.18. The third kappa shape index (κ3) is 7.74. The molecule has 17 heavy (non-hydrogen) atoms. The molecule has 0 spiro atoms. The first-order chi connectivity index (χ1) is 8.01. The Balaban J connectivity index is 4.20. The minimum absolute atomic E-state index is 0.198. The van der Waals surface area contributed by atoms with E-state index in [1.165, 1.54) is 0 Å². The van der Waals surface area contributed by atoms with E-state index in [1.807, 2.05) is 4.90 Å². The number of carbonyl (C=O) groups is 2. The summed E-state index contributed by atoms with van der Waals surface area (Å²) in [5.41, 5.74) is 5.18. The van der Waals surface area contributed by atoms with Crippen LogP contribution >= 0.6 is 0 Å². The Bertz CT molecular complexity index is 244. The van der Waals surface area contributed by atoms with Crippen LogP contribution in [0.4, 0.5) is 0 Å². The van der Waals surface area contributed by atoms with Crippen molar-refractivity contribution in [1.29, 1.82) is 0 Å². The molecule has 0 aromatic heterocycles. The summed E-state index contributed by atoms with van der Waals surface area (Å²) in [6.07, 6.45) is 2.03. The maximum absolute atomic E-state index is 11.5. The third-order valence-electron chi connectivity index (χ3n) is 2.43. The molecule has 2 N–H and O–H groups in total. The molecule has 0 aromatic carbocycles. The predicted molar refractivity (Wildman–Crippen MR) is 66.3 cm³/mol. The fourth-order valence-corrected chi connectivity index (χ4v) is 1.58. The lowest BCUT2D eigenvalue weighted by atomic mass is 10.1. The van der Waals surface area contributed by atoms with Gasteiger partial charge in [0.25, 0.3) is 0 Å². The molecular formula is C12H24N2O3. The van der Waals surface area contributed by atoms with Crippen molar-refractivity contribution < 1.29 is 14.3 Å². The number of carbonyl (C=O) groups excluding carboxylic acids is 2. The van der Waals surface area contributed by atoms with Crippen molar-refractivity contribution in [2.45, 2.75) is 33.6 Å². The van der Waals surface area contributed by atoms with Gasteiger partial charge < -0.3 is 10.5 Å². The Kier molecular flexibility index (Phi) is 8.40. The molecule has 0 heterocycles. The minimum Gasteiger partial charge on any atom is -0.466 e. The van der Waals surface area contributed by atoms with Crippen LogP contribution in [0.2, 0.25) is 0 Å². The van der Waals surface area contributed by atoms with E-state index in [-0.39, 0.29) is 24.3 Å². The van der Waals surface area contributed by atoms with Crippen LogP contribution in [0.15, 0.2) is 0 Å². The molecule has 0 saturated heterocycles. The fraction of sp³-hybridized carbons (Fsp3) is 0.833. The van der Waals surface area contributed by atoms with Crippen LogP contribution in [-0.2, 0) is 14.3 Å². The van der Waals surface area contributed by atoms with Gasteiger partial charge in [0.1, 0.15) is 0 Å².